The fraction of sp³-hybridized carbons (Fsp3) is 1.00. The van der Waals surface area contributed by atoms with E-state index in [0.29, 0.717) is 6.10 Å². The standard InChI is InChI=1S/C14H28N2O/c1-12(2)17-10-9-16(14-6-7-14)11-13-5-3-4-8-15-13/h12-15H,3-11H2,1-2H3. The largest absolute Gasteiger partial charge is 0.377 e. The van der Waals surface area contributed by atoms with Gasteiger partial charge in [-0.3, -0.25) is 4.90 Å². The lowest BCUT2D eigenvalue weighted by Gasteiger charge is -2.30. The summed E-state index contributed by atoms with van der Waals surface area (Å²) in [6.45, 7) is 8.67. The van der Waals surface area contributed by atoms with Gasteiger partial charge < -0.3 is 10.1 Å². The Hall–Kier alpha value is -0.120. The molecule has 0 aromatic carbocycles. The molecule has 1 unspecified atom stereocenters. The monoisotopic (exact) mass is 240 g/mol. The summed E-state index contributed by atoms with van der Waals surface area (Å²) >= 11 is 0. The number of ether oxygens (including phenoxy) is 1. The third-order valence-electron chi connectivity index (χ3n) is 3.76. The van der Waals surface area contributed by atoms with E-state index in [-0.39, 0.29) is 0 Å². The fourth-order valence-electron chi connectivity index (χ4n) is 2.63. The second-order valence-electron chi connectivity index (χ2n) is 5.79. The number of hydrogen-bond acceptors (Lipinski definition) is 3. The molecule has 3 heteroatoms. The van der Waals surface area contributed by atoms with Crippen LogP contribution in [0.5, 0.6) is 0 Å². The van der Waals surface area contributed by atoms with Crippen molar-refractivity contribution in [2.75, 3.05) is 26.2 Å². The summed E-state index contributed by atoms with van der Waals surface area (Å²) in [6.07, 6.45) is 7.27. The van der Waals surface area contributed by atoms with Gasteiger partial charge in [-0.15, -0.1) is 0 Å². The van der Waals surface area contributed by atoms with Gasteiger partial charge in [-0.25, -0.2) is 0 Å². The second-order valence-corrected chi connectivity index (χ2v) is 5.79. The summed E-state index contributed by atoms with van der Waals surface area (Å²) in [5, 5.41) is 3.65. The molecule has 1 heterocycles. The molecule has 1 N–H and O–H groups in total. The van der Waals surface area contributed by atoms with E-state index in [4.69, 9.17) is 4.74 Å². The molecule has 17 heavy (non-hydrogen) atoms. The van der Waals surface area contributed by atoms with Crippen LogP contribution in [0.3, 0.4) is 0 Å². The maximum atomic E-state index is 5.68. The van der Waals surface area contributed by atoms with Crippen LogP contribution in [-0.2, 0) is 4.74 Å². The topological polar surface area (TPSA) is 24.5 Å². The van der Waals surface area contributed by atoms with Crippen LogP contribution in [0.25, 0.3) is 0 Å². The van der Waals surface area contributed by atoms with Gasteiger partial charge in [0, 0.05) is 25.2 Å². The highest BCUT2D eigenvalue weighted by atomic mass is 16.5. The van der Waals surface area contributed by atoms with Crippen molar-refractivity contribution in [2.24, 2.45) is 0 Å². The normalized spacial score (nSPS) is 25.8. The quantitative estimate of drug-likeness (QED) is 0.737. The first kappa shape index (κ1) is 13.3. The van der Waals surface area contributed by atoms with Crippen LogP contribution in [0.15, 0.2) is 0 Å². The molecule has 1 atom stereocenters. The van der Waals surface area contributed by atoms with E-state index >= 15 is 0 Å². The minimum Gasteiger partial charge on any atom is -0.377 e. The minimum absolute atomic E-state index is 0.365. The molecule has 0 aromatic rings. The molecule has 1 aliphatic carbocycles. The molecule has 100 valence electrons. The lowest BCUT2D eigenvalue weighted by Crippen LogP contribution is -2.45. The maximum Gasteiger partial charge on any atom is 0.0597 e. The summed E-state index contributed by atoms with van der Waals surface area (Å²) in [4.78, 5) is 2.64. The Morgan fingerprint density at radius 1 is 1.24 bits per heavy atom. The van der Waals surface area contributed by atoms with Crippen LogP contribution in [0.2, 0.25) is 0 Å². The molecule has 0 amide bonds. The first-order valence-electron chi connectivity index (χ1n) is 7.34. The van der Waals surface area contributed by atoms with Crippen LogP contribution in [0, 0.1) is 0 Å². The Morgan fingerprint density at radius 3 is 2.65 bits per heavy atom. The van der Waals surface area contributed by atoms with Crippen molar-refractivity contribution in [3.8, 4) is 0 Å². The third kappa shape index (κ3) is 4.94. The molecule has 3 nitrogen and oxygen atoms in total. The van der Waals surface area contributed by atoms with Gasteiger partial charge in [0.15, 0.2) is 0 Å². The Balaban J connectivity index is 1.68. The van der Waals surface area contributed by atoms with Crippen molar-refractivity contribution >= 4 is 0 Å². The Bertz CT molecular complexity index is 210. The minimum atomic E-state index is 0.365. The molecule has 2 fully saturated rings. The number of piperidine rings is 1. The number of hydrogen-bond donors (Lipinski definition) is 1. The number of nitrogens with zero attached hydrogens (tertiary/aromatic N) is 1. The smallest absolute Gasteiger partial charge is 0.0597 e. The molecular formula is C14H28N2O. The van der Waals surface area contributed by atoms with Crippen LogP contribution in [0.4, 0.5) is 0 Å². The molecule has 2 rings (SSSR count). The molecule has 0 radical (unpaired) electrons. The lowest BCUT2D eigenvalue weighted by molar-refractivity contribution is 0.0542. The van der Waals surface area contributed by atoms with Crippen LogP contribution < -0.4 is 5.32 Å². The number of rotatable bonds is 7. The summed E-state index contributed by atoms with van der Waals surface area (Å²) in [6, 6.07) is 1.58. The molecule has 0 bridgehead atoms. The third-order valence-corrected chi connectivity index (χ3v) is 3.76. The Morgan fingerprint density at radius 2 is 2.06 bits per heavy atom. The first-order chi connectivity index (χ1) is 8.25. The zero-order chi connectivity index (χ0) is 12.1. The lowest BCUT2D eigenvalue weighted by atomic mass is 10.0. The molecule has 1 aliphatic heterocycles. The second kappa shape index (κ2) is 6.72. The highest BCUT2D eigenvalue weighted by Crippen LogP contribution is 2.27. The number of nitrogens with one attached hydrogen (secondary N) is 1. The highest BCUT2D eigenvalue weighted by Gasteiger charge is 2.30. The predicted octanol–water partition coefficient (Wildman–Crippen LogP) is 2.02. The summed E-state index contributed by atoms with van der Waals surface area (Å²) in [5.74, 6) is 0. The van der Waals surface area contributed by atoms with E-state index in [1.54, 1.807) is 0 Å². The molecule has 1 saturated carbocycles. The van der Waals surface area contributed by atoms with Gasteiger partial charge in [0.2, 0.25) is 0 Å². The molecule has 0 aromatic heterocycles. The first-order valence-corrected chi connectivity index (χ1v) is 7.34. The zero-order valence-corrected chi connectivity index (χ0v) is 11.5. The van der Waals surface area contributed by atoms with Crippen molar-refractivity contribution in [3.63, 3.8) is 0 Å². The van der Waals surface area contributed by atoms with E-state index < -0.39 is 0 Å². The average Bonchev–Trinajstić information content (AvgIpc) is 3.12. The van der Waals surface area contributed by atoms with Gasteiger partial charge in [-0.05, 0) is 46.1 Å². The van der Waals surface area contributed by atoms with Gasteiger partial charge in [0.05, 0.1) is 12.7 Å². The maximum absolute atomic E-state index is 5.68. The molecule has 0 spiro atoms. The van der Waals surface area contributed by atoms with Gasteiger partial charge >= 0.3 is 0 Å². The molecular weight excluding hydrogens is 212 g/mol. The average molecular weight is 240 g/mol. The zero-order valence-electron chi connectivity index (χ0n) is 11.5. The van der Waals surface area contributed by atoms with E-state index in [2.05, 4.69) is 24.1 Å². The van der Waals surface area contributed by atoms with E-state index in [0.717, 1.165) is 25.2 Å². The predicted molar refractivity (Wildman–Crippen MR) is 71.3 cm³/mol. The Labute approximate surface area is 106 Å². The highest BCUT2D eigenvalue weighted by molar-refractivity contribution is 4.87. The van der Waals surface area contributed by atoms with Gasteiger partial charge in [0.25, 0.3) is 0 Å². The van der Waals surface area contributed by atoms with Crippen LogP contribution in [0.1, 0.15) is 46.0 Å². The van der Waals surface area contributed by atoms with Gasteiger partial charge in [-0.2, -0.15) is 0 Å². The van der Waals surface area contributed by atoms with Crippen LogP contribution >= 0.6 is 0 Å². The van der Waals surface area contributed by atoms with Crippen molar-refractivity contribution in [1.82, 2.24) is 10.2 Å². The Kier molecular flexibility index (Phi) is 5.26. The summed E-state index contributed by atoms with van der Waals surface area (Å²) < 4.78 is 5.68. The van der Waals surface area contributed by atoms with Gasteiger partial charge in [0.1, 0.15) is 0 Å². The van der Waals surface area contributed by atoms with E-state index in [1.165, 1.54) is 45.2 Å². The van der Waals surface area contributed by atoms with Crippen molar-refractivity contribution in [3.05, 3.63) is 0 Å². The molecule has 2 aliphatic rings. The fourth-order valence-corrected chi connectivity index (χ4v) is 2.63. The van der Waals surface area contributed by atoms with Crippen molar-refractivity contribution in [1.29, 1.82) is 0 Å². The van der Waals surface area contributed by atoms with E-state index in [9.17, 15) is 0 Å². The molecule has 1 saturated heterocycles. The van der Waals surface area contributed by atoms with E-state index in [1.807, 2.05) is 0 Å². The summed E-state index contributed by atoms with van der Waals surface area (Å²) in [5.41, 5.74) is 0. The SMILES string of the molecule is CC(C)OCCN(CC1CCCCN1)C1CC1. The summed E-state index contributed by atoms with van der Waals surface area (Å²) in [7, 11) is 0. The van der Waals surface area contributed by atoms with Gasteiger partial charge in [-0.1, -0.05) is 6.42 Å². The van der Waals surface area contributed by atoms with Crippen molar-refractivity contribution < 1.29 is 4.74 Å². The van der Waals surface area contributed by atoms with Crippen molar-refractivity contribution in [2.45, 2.75) is 64.1 Å². The van der Waals surface area contributed by atoms with Crippen LogP contribution in [-0.4, -0.2) is 49.3 Å².